The number of benzene rings is 2. The second-order valence-corrected chi connectivity index (χ2v) is 9.91. The maximum Gasteiger partial charge on any atom is 0.342 e. The number of carbonyl (C=O) groups excluding carboxylic acids is 2. The number of carbonyl (C=O) groups is 2. The molecule has 2 N–H and O–H groups in total. The summed E-state index contributed by atoms with van der Waals surface area (Å²) < 4.78 is 34.8. The lowest BCUT2D eigenvalue weighted by Crippen LogP contribution is -2.36. The van der Waals surface area contributed by atoms with E-state index in [1.807, 2.05) is 0 Å². The number of halogens is 3. The number of ether oxygens (including phenoxy) is 1. The third-order valence-electron chi connectivity index (χ3n) is 5.81. The summed E-state index contributed by atoms with van der Waals surface area (Å²) >= 11 is 6.14. The summed E-state index contributed by atoms with van der Waals surface area (Å²) in [5.74, 6) is -3.61. The number of fused-ring (bicyclic) bond motifs is 1. The fourth-order valence-corrected chi connectivity index (χ4v) is 4.20. The van der Waals surface area contributed by atoms with Gasteiger partial charge in [-0.3, -0.25) is 19.0 Å². The molecule has 210 valence electrons. The third kappa shape index (κ3) is 5.86. The Kier molecular flexibility index (Phi) is 8.00. The molecule has 0 aliphatic carbocycles. The van der Waals surface area contributed by atoms with Crippen LogP contribution in [0.4, 0.5) is 8.78 Å². The van der Waals surface area contributed by atoms with Crippen LogP contribution in [0.1, 0.15) is 41.0 Å². The highest BCUT2D eigenvalue weighted by Crippen LogP contribution is 2.21. The van der Waals surface area contributed by atoms with Crippen LogP contribution in [0, 0.1) is 11.6 Å². The normalized spacial score (nSPS) is 11.7. The van der Waals surface area contributed by atoms with Crippen molar-refractivity contribution < 1.29 is 33.3 Å². The van der Waals surface area contributed by atoms with Gasteiger partial charge in [-0.15, -0.1) is 0 Å². The predicted octanol–water partition coefficient (Wildman–Crippen LogP) is 2.35. The lowest BCUT2D eigenvalue weighted by atomic mass is 10.1. The predicted molar refractivity (Wildman–Crippen MR) is 139 cm³/mol. The van der Waals surface area contributed by atoms with Crippen LogP contribution in [0.25, 0.3) is 11.0 Å². The quantitative estimate of drug-likeness (QED) is 0.325. The van der Waals surface area contributed by atoms with E-state index in [1.54, 1.807) is 0 Å². The number of hydrogen-bond acceptors (Lipinski definition) is 8. The van der Waals surface area contributed by atoms with Crippen LogP contribution in [0.15, 0.2) is 52.3 Å². The fraction of sp³-hybridized carbons (Fsp3) is 0.269. The van der Waals surface area contributed by atoms with Crippen molar-refractivity contribution in [2.75, 3.05) is 6.61 Å². The Labute approximate surface area is 229 Å². The van der Waals surface area contributed by atoms with Crippen molar-refractivity contribution in [3.63, 3.8) is 0 Å². The van der Waals surface area contributed by atoms with Gasteiger partial charge in [0, 0.05) is 11.6 Å². The van der Waals surface area contributed by atoms with Crippen LogP contribution in [-0.4, -0.2) is 52.9 Å². The minimum absolute atomic E-state index is 0.0203. The molecule has 0 saturated carbocycles. The Hall–Kier alpha value is -4.20. The average molecular weight is 577 g/mol. The first-order valence-electron chi connectivity index (χ1n) is 11.8. The van der Waals surface area contributed by atoms with Crippen molar-refractivity contribution in [2.24, 2.45) is 0 Å². The first kappa shape index (κ1) is 28.8. The second kappa shape index (κ2) is 11.1. The molecule has 0 radical (unpaired) electrons. The molecule has 14 heteroatoms. The van der Waals surface area contributed by atoms with E-state index in [9.17, 15) is 38.2 Å². The fourth-order valence-electron chi connectivity index (χ4n) is 3.99. The van der Waals surface area contributed by atoms with Crippen LogP contribution in [0.5, 0.6) is 5.88 Å². The van der Waals surface area contributed by atoms with Gasteiger partial charge in [0.1, 0.15) is 31.2 Å². The van der Waals surface area contributed by atoms with E-state index in [0.717, 1.165) is 21.5 Å². The van der Waals surface area contributed by atoms with E-state index >= 15 is 0 Å². The molecule has 0 spiro atoms. The molecule has 0 bridgehead atoms. The second-order valence-electron chi connectivity index (χ2n) is 9.53. The molecule has 40 heavy (non-hydrogen) atoms. The molecule has 0 atom stereocenters. The number of aliphatic hydroxyl groups is 2. The summed E-state index contributed by atoms with van der Waals surface area (Å²) in [6.45, 7) is 1.29. The molecule has 0 fully saturated rings. The van der Waals surface area contributed by atoms with Gasteiger partial charge in [-0.2, -0.15) is 0 Å². The van der Waals surface area contributed by atoms with Crippen molar-refractivity contribution in [3.05, 3.63) is 91.3 Å². The lowest BCUT2D eigenvalue weighted by molar-refractivity contribution is 0.0530. The van der Waals surface area contributed by atoms with Gasteiger partial charge in [-0.1, -0.05) is 17.7 Å². The van der Waals surface area contributed by atoms with E-state index in [1.165, 1.54) is 38.1 Å². The Morgan fingerprint density at radius 2 is 1.75 bits per heavy atom. The highest BCUT2D eigenvalue weighted by molar-refractivity contribution is 6.31. The van der Waals surface area contributed by atoms with Gasteiger partial charge in [-0.05, 0) is 43.7 Å². The Morgan fingerprint density at radius 3 is 2.40 bits per heavy atom. The van der Waals surface area contributed by atoms with Crippen molar-refractivity contribution >= 4 is 34.4 Å². The molecule has 2 aromatic carbocycles. The Bertz CT molecular complexity index is 1760. The molecule has 4 rings (SSSR count). The van der Waals surface area contributed by atoms with E-state index in [2.05, 4.69) is 4.98 Å². The number of hydrogen-bond donors (Lipinski definition) is 2. The molecule has 2 heterocycles. The molecule has 0 aliphatic rings. The molecule has 4 aromatic rings. The third-order valence-corrected chi connectivity index (χ3v) is 6.13. The van der Waals surface area contributed by atoms with Crippen LogP contribution in [0.3, 0.4) is 0 Å². The van der Waals surface area contributed by atoms with Crippen molar-refractivity contribution in [3.8, 4) is 5.88 Å². The van der Waals surface area contributed by atoms with Gasteiger partial charge >= 0.3 is 5.69 Å². The minimum atomic E-state index is -1.45. The van der Waals surface area contributed by atoms with E-state index in [-0.39, 0.29) is 35.6 Å². The maximum atomic E-state index is 13.9. The molecular formula is C26H23ClF2N4O7. The first-order valence-corrected chi connectivity index (χ1v) is 12.2. The van der Waals surface area contributed by atoms with Gasteiger partial charge in [0.15, 0.2) is 5.02 Å². The Morgan fingerprint density at radius 1 is 1.05 bits per heavy atom. The van der Waals surface area contributed by atoms with Crippen molar-refractivity contribution in [1.82, 2.24) is 18.7 Å². The Balaban J connectivity index is 1.67. The zero-order valence-corrected chi connectivity index (χ0v) is 22.0. The smallest absolute Gasteiger partial charge is 0.342 e. The maximum absolute atomic E-state index is 13.9. The summed E-state index contributed by atoms with van der Waals surface area (Å²) in [5.41, 5.74) is -2.69. The lowest BCUT2D eigenvalue weighted by Gasteiger charge is -2.15. The molecule has 0 unspecified atom stereocenters. The highest BCUT2D eigenvalue weighted by atomic mass is 35.5. The zero-order chi connectivity index (χ0) is 29.4. The van der Waals surface area contributed by atoms with E-state index < -0.39 is 58.3 Å². The van der Waals surface area contributed by atoms with Gasteiger partial charge in [0.05, 0.1) is 29.6 Å². The number of aliphatic hydroxyl groups excluding tert-OH is 1. The van der Waals surface area contributed by atoms with Gasteiger partial charge in [0.2, 0.25) is 11.8 Å². The summed E-state index contributed by atoms with van der Waals surface area (Å²) in [4.78, 5) is 55.0. The van der Waals surface area contributed by atoms with Crippen LogP contribution in [0.2, 0.25) is 5.02 Å². The van der Waals surface area contributed by atoms with E-state index in [0.29, 0.717) is 16.2 Å². The minimum Gasteiger partial charge on any atom is -0.471 e. The SMILES string of the molecule is CC(C)(O)CC(=O)n1c(=O)n(C(=O)CO)c2ccc(Cn3cnc(OCc4ccc(F)cc4F)c(Cl)c3=O)cc21. The van der Waals surface area contributed by atoms with Crippen molar-refractivity contribution in [2.45, 2.75) is 39.0 Å². The largest absolute Gasteiger partial charge is 0.471 e. The molecule has 11 nitrogen and oxygen atoms in total. The van der Waals surface area contributed by atoms with Crippen LogP contribution < -0.4 is 16.0 Å². The first-order chi connectivity index (χ1) is 18.8. The van der Waals surface area contributed by atoms with Crippen molar-refractivity contribution in [1.29, 1.82) is 0 Å². The van der Waals surface area contributed by atoms with Gasteiger partial charge in [-0.25, -0.2) is 27.7 Å². The molecule has 2 aromatic heterocycles. The van der Waals surface area contributed by atoms with Crippen LogP contribution >= 0.6 is 11.6 Å². The van der Waals surface area contributed by atoms with E-state index in [4.69, 9.17) is 16.3 Å². The number of rotatable bonds is 8. The average Bonchev–Trinajstić information content (AvgIpc) is 3.17. The van der Waals surface area contributed by atoms with Crippen LogP contribution in [-0.2, 0) is 13.2 Å². The molecule has 0 saturated heterocycles. The highest BCUT2D eigenvalue weighted by Gasteiger charge is 2.26. The number of aromatic nitrogens is 4. The van der Waals surface area contributed by atoms with Gasteiger partial charge in [0.25, 0.3) is 11.5 Å². The standard InChI is InChI=1S/C26H23ClF2N4O7/c1-26(2,39)9-20(35)33-19-7-14(3-6-18(19)32(25(33)38)21(36)11-34)10-31-13-30-23(22(27)24(31)37)40-12-15-4-5-16(28)8-17(15)29/h3-8,13,34,39H,9-12H2,1-2H3. The number of nitrogens with zero attached hydrogens (tertiary/aromatic N) is 4. The summed E-state index contributed by atoms with van der Waals surface area (Å²) in [5, 5.41) is 19.0. The summed E-state index contributed by atoms with van der Waals surface area (Å²) in [6.07, 6.45) is 0.688. The monoisotopic (exact) mass is 576 g/mol. The summed E-state index contributed by atoms with van der Waals surface area (Å²) in [7, 11) is 0. The number of imidazole rings is 1. The molecule has 0 amide bonds. The molecule has 0 aliphatic heterocycles. The molecular weight excluding hydrogens is 554 g/mol. The zero-order valence-electron chi connectivity index (χ0n) is 21.2. The topological polar surface area (TPSA) is 146 Å². The summed E-state index contributed by atoms with van der Waals surface area (Å²) in [6, 6.07) is 7.20. The van der Waals surface area contributed by atoms with Gasteiger partial charge < -0.3 is 14.9 Å².